The zero-order valence-corrected chi connectivity index (χ0v) is 12.4. The Morgan fingerprint density at radius 2 is 2.17 bits per heavy atom. The van der Waals surface area contributed by atoms with Gasteiger partial charge in [-0.25, -0.2) is 9.69 Å². The Hall–Kier alpha value is -0.620. The zero-order valence-electron chi connectivity index (χ0n) is 10.8. The second-order valence-corrected chi connectivity index (χ2v) is 7.19. The summed E-state index contributed by atoms with van der Waals surface area (Å²) in [6, 6.07) is 0. The largest absolute Gasteiger partial charge is 0.447 e. The van der Waals surface area contributed by atoms with Gasteiger partial charge in [0.25, 0.3) is 5.91 Å². The van der Waals surface area contributed by atoms with Gasteiger partial charge in [0.1, 0.15) is 10.7 Å². The highest BCUT2D eigenvalue weighted by atomic mass is 32.2. The number of cyclic esters (lactones) is 1. The Morgan fingerprint density at radius 3 is 2.67 bits per heavy atom. The molecule has 0 aromatic heterocycles. The molecule has 2 heterocycles. The highest BCUT2D eigenvalue weighted by molar-refractivity contribution is 8.19. The van der Waals surface area contributed by atoms with Crippen molar-refractivity contribution >= 4 is 35.5 Å². The predicted octanol–water partition coefficient (Wildman–Crippen LogP) is 2.50. The maximum atomic E-state index is 12.6. The van der Waals surface area contributed by atoms with Crippen molar-refractivity contribution in [3.8, 4) is 0 Å². The molecule has 100 valence electrons. The molecule has 1 saturated heterocycles. The van der Waals surface area contributed by atoms with Crippen LogP contribution in [-0.4, -0.2) is 46.1 Å². The van der Waals surface area contributed by atoms with E-state index in [1.54, 1.807) is 11.8 Å². The van der Waals surface area contributed by atoms with Crippen molar-refractivity contribution in [2.24, 2.45) is 0 Å². The second-order valence-electron chi connectivity index (χ2n) is 4.55. The maximum Gasteiger partial charge on any atom is 0.416 e. The first-order valence-corrected chi connectivity index (χ1v) is 8.04. The van der Waals surface area contributed by atoms with Gasteiger partial charge in [0.05, 0.1) is 6.54 Å². The predicted molar refractivity (Wildman–Crippen MR) is 74.8 cm³/mol. The number of rotatable bonds is 2. The number of hydrogen-bond acceptors (Lipinski definition) is 5. The third-order valence-corrected chi connectivity index (χ3v) is 6.60. The van der Waals surface area contributed by atoms with Gasteiger partial charge in [0, 0.05) is 12.2 Å². The van der Waals surface area contributed by atoms with Crippen LogP contribution in [0.5, 0.6) is 0 Å². The van der Waals surface area contributed by atoms with Gasteiger partial charge >= 0.3 is 6.09 Å². The standard InChI is InChI=1S/C12H17NO3S2/c1-8-6-12(17-3,18-7-9(8)2)10(14)13-4-5-16-11(13)15/h4-7H2,1-3H3/t12-/m0/s1. The Kier molecular flexibility index (Phi) is 3.96. The van der Waals surface area contributed by atoms with Gasteiger partial charge in [0.15, 0.2) is 0 Å². The van der Waals surface area contributed by atoms with E-state index in [2.05, 4.69) is 13.8 Å². The van der Waals surface area contributed by atoms with E-state index < -0.39 is 10.2 Å². The molecule has 0 unspecified atom stereocenters. The van der Waals surface area contributed by atoms with Crippen LogP contribution in [0.15, 0.2) is 11.1 Å². The van der Waals surface area contributed by atoms with Crippen LogP contribution in [0.3, 0.4) is 0 Å². The van der Waals surface area contributed by atoms with Crippen LogP contribution in [0, 0.1) is 0 Å². The Labute approximate surface area is 115 Å². The first-order valence-electron chi connectivity index (χ1n) is 5.83. The Balaban J connectivity index is 2.23. The van der Waals surface area contributed by atoms with Gasteiger partial charge in [-0.15, -0.1) is 23.5 Å². The van der Waals surface area contributed by atoms with Gasteiger partial charge in [0.2, 0.25) is 0 Å². The van der Waals surface area contributed by atoms with Crippen LogP contribution in [-0.2, 0) is 9.53 Å². The fourth-order valence-corrected chi connectivity index (χ4v) is 4.58. The Morgan fingerprint density at radius 1 is 1.44 bits per heavy atom. The Bertz CT molecular complexity index is 422. The van der Waals surface area contributed by atoms with Gasteiger partial charge in [-0.3, -0.25) is 4.79 Å². The number of allylic oxidation sites excluding steroid dienone is 1. The summed E-state index contributed by atoms with van der Waals surface area (Å²) in [5.41, 5.74) is 2.59. The average molecular weight is 287 g/mol. The minimum Gasteiger partial charge on any atom is -0.447 e. The fourth-order valence-electron chi connectivity index (χ4n) is 2.04. The number of carbonyl (C=O) groups excluding carboxylic acids is 2. The van der Waals surface area contributed by atoms with E-state index in [0.717, 1.165) is 5.75 Å². The van der Waals surface area contributed by atoms with Crippen LogP contribution in [0.2, 0.25) is 0 Å². The monoisotopic (exact) mass is 287 g/mol. The van der Waals surface area contributed by atoms with E-state index in [1.165, 1.54) is 27.8 Å². The maximum absolute atomic E-state index is 12.6. The van der Waals surface area contributed by atoms with E-state index >= 15 is 0 Å². The molecule has 4 nitrogen and oxygen atoms in total. The molecule has 0 aromatic carbocycles. The highest BCUT2D eigenvalue weighted by Crippen LogP contribution is 2.47. The van der Waals surface area contributed by atoms with Crippen molar-refractivity contribution in [1.29, 1.82) is 0 Å². The van der Waals surface area contributed by atoms with E-state index in [4.69, 9.17) is 4.74 Å². The summed E-state index contributed by atoms with van der Waals surface area (Å²) in [6.07, 6.45) is 2.13. The number of nitrogens with zero attached hydrogens (tertiary/aromatic N) is 1. The van der Waals surface area contributed by atoms with Gasteiger partial charge in [-0.05, 0) is 20.1 Å². The second kappa shape index (κ2) is 5.17. The molecule has 0 radical (unpaired) electrons. The lowest BCUT2D eigenvalue weighted by atomic mass is 10.1. The molecule has 0 bridgehead atoms. The summed E-state index contributed by atoms with van der Waals surface area (Å²) in [5.74, 6) is 0.732. The van der Waals surface area contributed by atoms with Crippen LogP contribution in [0.4, 0.5) is 4.79 Å². The normalized spacial score (nSPS) is 28.6. The topological polar surface area (TPSA) is 46.6 Å². The van der Waals surface area contributed by atoms with Crippen molar-refractivity contribution in [1.82, 2.24) is 4.90 Å². The van der Waals surface area contributed by atoms with Crippen LogP contribution in [0.25, 0.3) is 0 Å². The first-order chi connectivity index (χ1) is 8.50. The van der Waals surface area contributed by atoms with Crippen molar-refractivity contribution in [3.05, 3.63) is 11.1 Å². The quantitative estimate of drug-likeness (QED) is 0.730. The molecule has 0 N–H and O–H groups in total. The number of ether oxygens (including phenoxy) is 1. The molecule has 2 rings (SSSR count). The summed E-state index contributed by atoms with van der Waals surface area (Å²) in [5, 5.41) is 0. The number of hydrogen-bond donors (Lipinski definition) is 0. The molecule has 0 spiro atoms. The van der Waals surface area contributed by atoms with Crippen molar-refractivity contribution in [2.75, 3.05) is 25.2 Å². The molecule has 0 saturated carbocycles. The van der Waals surface area contributed by atoms with Crippen molar-refractivity contribution in [2.45, 2.75) is 24.3 Å². The lowest BCUT2D eigenvalue weighted by molar-refractivity contribution is -0.128. The molecule has 18 heavy (non-hydrogen) atoms. The minimum atomic E-state index is -0.563. The summed E-state index contributed by atoms with van der Waals surface area (Å²) in [6.45, 7) is 4.85. The lowest BCUT2D eigenvalue weighted by Crippen LogP contribution is -2.46. The van der Waals surface area contributed by atoms with Gasteiger partial charge < -0.3 is 4.74 Å². The molecule has 1 fully saturated rings. The molecular weight excluding hydrogens is 270 g/mol. The fraction of sp³-hybridized carbons (Fsp3) is 0.667. The van der Waals surface area contributed by atoms with E-state index in [1.807, 2.05) is 6.26 Å². The van der Waals surface area contributed by atoms with Gasteiger partial charge in [-0.1, -0.05) is 11.1 Å². The minimum absolute atomic E-state index is 0.116. The first kappa shape index (κ1) is 13.8. The summed E-state index contributed by atoms with van der Waals surface area (Å²) in [4.78, 5) is 25.3. The molecule has 2 amide bonds. The SMILES string of the molecule is CS[C@@]1(C(=O)N2CCOC2=O)CC(C)=C(C)CS1. The lowest BCUT2D eigenvalue weighted by Gasteiger charge is -2.36. The molecule has 0 aromatic rings. The van der Waals surface area contributed by atoms with E-state index in [9.17, 15) is 9.59 Å². The van der Waals surface area contributed by atoms with Crippen LogP contribution in [0.1, 0.15) is 20.3 Å². The molecule has 2 aliphatic heterocycles. The molecular formula is C12H17NO3S2. The zero-order chi connectivity index (χ0) is 13.3. The van der Waals surface area contributed by atoms with E-state index in [-0.39, 0.29) is 5.91 Å². The van der Waals surface area contributed by atoms with Crippen molar-refractivity contribution < 1.29 is 14.3 Å². The molecule has 1 atom stereocenters. The number of thioether (sulfide) groups is 2. The summed E-state index contributed by atoms with van der Waals surface area (Å²) in [7, 11) is 0. The number of amides is 2. The van der Waals surface area contributed by atoms with E-state index in [0.29, 0.717) is 19.6 Å². The smallest absolute Gasteiger partial charge is 0.416 e. The third kappa shape index (κ3) is 2.28. The average Bonchev–Trinajstić information content (AvgIpc) is 2.78. The summed E-state index contributed by atoms with van der Waals surface area (Å²) >= 11 is 3.15. The van der Waals surface area contributed by atoms with Crippen molar-refractivity contribution in [3.63, 3.8) is 0 Å². The highest BCUT2D eigenvalue weighted by Gasteiger charge is 2.46. The summed E-state index contributed by atoms with van der Waals surface area (Å²) < 4.78 is 4.29. The van der Waals surface area contributed by atoms with Crippen LogP contribution >= 0.6 is 23.5 Å². The van der Waals surface area contributed by atoms with Gasteiger partial charge in [-0.2, -0.15) is 0 Å². The molecule has 2 aliphatic rings. The number of carbonyl (C=O) groups is 2. The van der Waals surface area contributed by atoms with Crippen LogP contribution < -0.4 is 0 Å². The molecule has 0 aliphatic carbocycles. The molecule has 6 heteroatoms. The number of imide groups is 1. The third-order valence-electron chi connectivity index (χ3n) is 3.41.